The highest BCUT2D eigenvalue weighted by molar-refractivity contribution is 5.37. The third-order valence-corrected chi connectivity index (χ3v) is 4.40. The number of hydrogen-bond donors (Lipinski definition) is 1. The summed E-state index contributed by atoms with van der Waals surface area (Å²) in [6.45, 7) is 0. The maximum Gasteiger partial charge on any atom is 0.231 e. The van der Waals surface area contributed by atoms with Crippen molar-refractivity contribution in [1.29, 1.82) is 0 Å². The highest BCUT2D eigenvalue weighted by Crippen LogP contribution is 2.31. The molecule has 0 aromatic carbocycles. The Balaban J connectivity index is 1.80. The van der Waals surface area contributed by atoms with Crippen LogP contribution >= 0.6 is 0 Å². The lowest BCUT2D eigenvalue weighted by atomic mass is 9.99. The third-order valence-electron chi connectivity index (χ3n) is 4.40. The number of nitrogens with one attached hydrogen (secondary N) is 1. The lowest BCUT2D eigenvalue weighted by Crippen LogP contribution is -2.47. The molecule has 2 saturated heterocycles. The Morgan fingerprint density at radius 1 is 1.10 bits per heavy atom. The first kappa shape index (κ1) is 13.4. The van der Waals surface area contributed by atoms with Crippen molar-refractivity contribution in [3.8, 4) is 11.8 Å². The average molecular weight is 278 g/mol. The Bertz CT molecular complexity index is 448. The quantitative estimate of drug-likeness (QED) is 0.893. The largest absolute Gasteiger partial charge is 0.481 e. The van der Waals surface area contributed by atoms with Gasteiger partial charge in [0.05, 0.1) is 20.3 Å². The summed E-state index contributed by atoms with van der Waals surface area (Å²) in [5, 5.41) is 3.65. The number of nitrogens with zero attached hydrogens (tertiary/aromatic N) is 3. The molecule has 1 N–H and O–H groups in total. The van der Waals surface area contributed by atoms with Crippen molar-refractivity contribution in [2.45, 2.75) is 43.8 Å². The Morgan fingerprint density at radius 3 is 2.15 bits per heavy atom. The molecule has 110 valence electrons. The summed E-state index contributed by atoms with van der Waals surface area (Å²) < 4.78 is 10.4. The second kappa shape index (κ2) is 5.44. The van der Waals surface area contributed by atoms with Gasteiger partial charge < -0.3 is 19.7 Å². The number of aromatic nitrogens is 2. The van der Waals surface area contributed by atoms with E-state index in [1.165, 1.54) is 12.8 Å². The van der Waals surface area contributed by atoms with Crippen LogP contribution in [0.25, 0.3) is 0 Å². The normalized spacial score (nSPS) is 28.2. The fraction of sp³-hybridized carbons (Fsp3) is 0.714. The monoisotopic (exact) mass is 278 g/mol. The van der Waals surface area contributed by atoms with Gasteiger partial charge in [-0.05, 0) is 25.7 Å². The molecule has 1 aromatic heterocycles. The van der Waals surface area contributed by atoms with Crippen LogP contribution < -0.4 is 19.7 Å². The van der Waals surface area contributed by atoms with E-state index in [9.17, 15) is 0 Å². The second-order valence-electron chi connectivity index (χ2n) is 5.63. The summed E-state index contributed by atoms with van der Waals surface area (Å²) in [7, 11) is 5.27. The molecular weight excluding hydrogens is 256 g/mol. The van der Waals surface area contributed by atoms with Gasteiger partial charge in [-0.15, -0.1) is 0 Å². The van der Waals surface area contributed by atoms with Crippen molar-refractivity contribution in [3.63, 3.8) is 0 Å². The van der Waals surface area contributed by atoms with Crippen molar-refractivity contribution < 1.29 is 9.47 Å². The van der Waals surface area contributed by atoms with Gasteiger partial charge in [-0.3, -0.25) is 0 Å². The molecular formula is C14H22N4O2. The van der Waals surface area contributed by atoms with Gasteiger partial charge in [0.25, 0.3) is 0 Å². The summed E-state index contributed by atoms with van der Waals surface area (Å²) in [6.07, 6.45) is 4.88. The molecule has 6 nitrogen and oxygen atoms in total. The zero-order chi connectivity index (χ0) is 14.1. The molecule has 0 aliphatic carbocycles. The number of methoxy groups -OCH3 is 2. The van der Waals surface area contributed by atoms with Crippen LogP contribution in [0.4, 0.5) is 5.95 Å². The zero-order valence-corrected chi connectivity index (χ0v) is 12.3. The van der Waals surface area contributed by atoms with Gasteiger partial charge in [-0.1, -0.05) is 0 Å². The first-order valence-electron chi connectivity index (χ1n) is 7.15. The topological polar surface area (TPSA) is 59.5 Å². The van der Waals surface area contributed by atoms with Gasteiger partial charge in [-0.25, -0.2) is 0 Å². The Hall–Kier alpha value is -1.56. The number of rotatable bonds is 4. The van der Waals surface area contributed by atoms with Gasteiger partial charge in [0.1, 0.15) is 0 Å². The first-order chi connectivity index (χ1) is 9.69. The number of anilines is 1. The van der Waals surface area contributed by atoms with E-state index >= 15 is 0 Å². The smallest absolute Gasteiger partial charge is 0.231 e. The minimum absolute atomic E-state index is 0.477. The van der Waals surface area contributed by atoms with Crippen LogP contribution in [0, 0.1) is 0 Å². The van der Waals surface area contributed by atoms with Crippen molar-refractivity contribution in [1.82, 2.24) is 15.3 Å². The number of ether oxygens (including phenoxy) is 2. The number of piperidine rings is 1. The molecule has 2 fully saturated rings. The summed E-state index contributed by atoms with van der Waals surface area (Å²) in [5.74, 6) is 1.75. The van der Waals surface area contributed by atoms with Crippen molar-refractivity contribution >= 4 is 5.95 Å². The van der Waals surface area contributed by atoms with Crippen LogP contribution in [-0.2, 0) is 0 Å². The molecule has 2 bridgehead atoms. The standard InChI is InChI=1S/C14H22N4O2/c1-18(11-6-9-4-5-10(7-11)15-9)14-16-12(19-2)8-13(17-14)20-3/h8-11,15H,4-7H2,1-3H3. The molecule has 2 unspecified atom stereocenters. The van der Waals surface area contributed by atoms with Crippen LogP contribution in [0.2, 0.25) is 0 Å². The van der Waals surface area contributed by atoms with Gasteiger partial charge in [0, 0.05) is 25.2 Å². The van der Waals surface area contributed by atoms with Crippen LogP contribution in [0.5, 0.6) is 11.8 Å². The van der Waals surface area contributed by atoms with Gasteiger partial charge in [0.2, 0.25) is 17.7 Å². The van der Waals surface area contributed by atoms with Crippen LogP contribution in [-0.4, -0.2) is 49.4 Å². The fourth-order valence-electron chi connectivity index (χ4n) is 3.27. The molecule has 3 heterocycles. The minimum atomic E-state index is 0.477. The van der Waals surface area contributed by atoms with E-state index in [1.54, 1.807) is 20.3 Å². The predicted molar refractivity (Wildman–Crippen MR) is 76.5 cm³/mol. The molecule has 2 aliphatic heterocycles. The molecule has 0 spiro atoms. The zero-order valence-electron chi connectivity index (χ0n) is 12.3. The minimum Gasteiger partial charge on any atom is -0.481 e. The SMILES string of the molecule is COc1cc(OC)nc(N(C)C2CC3CCC(C2)N3)n1. The molecule has 20 heavy (non-hydrogen) atoms. The molecule has 3 rings (SSSR count). The molecule has 6 heteroatoms. The molecule has 0 saturated carbocycles. The van der Waals surface area contributed by atoms with Gasteiger partial charge >= 0.3 is 0 Å². The summed E-state index contributed by atoms with van der Waals surface area (Å²) in [6, 6.07) is 3.47. The molecule has 0 amide bonds. The molecule has 2 atom stereocenters. The Labute approximate surface area is 119 Å². The van der Waals surface area contributed by atoms with Gasteiger partial charge in [0.15, 0.2) is 0 Å². The lowest BCUT2D eigenvalue weighted by Gasteiger charge is -2.35. The lowest BCUT2D eigenvalue weighted by molar-refractivity contribution is 0.346. The van der Waals surface area contributed by atoms with Crippen molar-refractivity contribution in [3.05, 3.63) is 6.07 Å². The van der Waals surface area contributed by atoms with Crippen molar-refractivity contribution in [2.75, 3.05) is 26.2 Å². The second-order valence-corrected chi connectivity index (χ2v) is 5.63. The first-order valence-corrected chi connectivity index (χ1v) is 7.15. The van der Waals surface area contributed by atoms with Crippen LogP contribution in [0.3, 0.4) is 0 Å². The molecule has 1 aromatic rings. The van der Waals surface area contributed by atoms with Crippen LogP contribution in [0.1, 0.15) is 25.7 Å². The van der Waals surface area contributed by atoms with Crippen LogP contribution in [0.15, 0.2) is 6.07 Å². The summed E-state index contributed by atoms with van der Waals surface area (Å²) in [5.41, 5.74) is 0. The highest BCUT2D eigenvalue weighted by Gasteiger charge is 2.35. The average Bonchev–Trinajstić information content (AvgIpc) is 2.84. The predicted octanol–water partition coefficient (Wildman–Crippen LogP) is 1.21. The maximum absolute atomic E-state index is 5.22. The van der Waals surface area contributed by atoms with E-state index in [0.717, 1.165) is 12.8 Å². The molecule has 0 radical (unpaired) electrons. The van der Waals surface area contributed by atoms with Crippen molar-refractivity contribution in [2.24, 2.45) is 0 Å². The maximum atomic E-state index is 5.22. The third kappa shape index (κ3) is 2.52. The Kier molecular flexibility index (Phi) is 3.65. The summed E-state index contributed by atoms with van der Waals surface area (Å²) >= 11 is 0. The summed E-state index contributed by atoms with van der Waals surface area (Å²) in [4.78, 5) is 11.0. The van der Waals surface area contributed by atoms with E-state index in [1.807, 2.05) is 0 Å². The highest BCUT2D eigenvalue weighted by atomic mass is 16.5. The number of fused-ring (bicyclic) bond motifs is 2. The van der Waals surface area contributed by atoms with E-state index in [-0.39, 0.29) is 0 Å². The fourth-order valence-corrected chi connectivity index (χ4v) is 3.27. The number of hydrogen-bond acceptors (Lipinski definition) is 6. The van der Waals surface area contributed by atoms with E-state index in [4.69, 9.17) is 9.47 Å². The van der Waals surface area contributed by atoms with E-state index < -0.39 is 0 Å². The van der Waals surface area contributed by atoms with Gasteiger partial charge in [-0.2, -0.15) is 9.97 Å². The van der Waals surface area contributed by atoms with E-state index in [2.05, 4.69) is 27.2 Å². The molecule has 2 aliphatic rings. The Morgan fingerprint density at radius 2 is 1.65 bits per heavy atom. The van der Waals surface area contributed by atoms with E-state index in [0.29, 0.717) is 35.8 Å².